The Morgan fingerprint density at radius 3 is 2.82 bits per heavy atom. The molecular weight excluding hydrogens is 521 g/mol. The van der Waals surface area contributed by atoms with Crippen molar-refractivity contribution >= 4 is 23.4 Å². The normalized spacial score (nSPS) is 14.0. The highest BCUT2D eigenvalue weighted by Gasteiger charge is 2.35. The summed E-state index contributed by atoms with van der Waals surface area (Å²) < 4.78 is 27.2. The van der Waals surface area contributed by atoms with Gasteiger partial charge in [0.15, 0.2) is 5.69 Å². The first-order chi connectivity index (χ1) is 18.7. The molecule has 1 aliphatic rings. The summed E-state index contributed by atoms with van der Waals surface area (Å²) in [7, 11) is 0. The predicted molar refractivity (Wildman–Crippen MR) is 150 cm³/mol. The summed E-state index contributed by atoms with van der Waals surface area (Å²) in [6.45, 7) is 8.18. The lowest BCUT2D eigenvalue weighted by Gasteiger charge is -2.32. The van der Waals surface area contributed by atoms with E-state index in [9.17, 15) is 14.0 Å². The van der Waals surface area contributed by atoms with Crippen molar-refractivity contribution < 1.29 is 18.7 Å². The zero-order valence-corrected chi connectivity index (χ0v) is 22.5. The second kappa shape index (κ2) is 12.2. The molecule has 2 aromatic carbocycles. The number of carbonyl (C=O) groups excluding carboxylic acids is 1. The summed E-state index contributed by atoms with van der Waals surface area (Å²) in [5.41, 5.74) is 5.73. The van der Waals surface area contributed by atoms with Crippen molar-refractivity contribution in [3.8, 4) is 5.75 Å². The highest BCUT2D eigenvalue weighted by molar-refractivity contribution is 8.05. The number of nitrogens with two attached hydrogens (primary N) is 1. The molecular formula is C28H30FN5O4S. The molecule has 0 fully saturated rings. The number of rotatable bonds is 10. The number of hydrogen-bond donors (Lipinski definition) is 3. The fraction of sp³-hybridized carbons (Fsp3) is 0.250. The third-order valence-corrected chi connectivity index (χ3v) is 6.64. The topological polar surface area (TPSA) is 120 Å². The molecule has 0 radical (unpaired) electrons. The van der Waals surface area contributed by atoms with Crippen LogP contribution in [0.1, 0.15) is 41.3 Å². The number of amides is 1. The van der Waals surface area contributed by atoms with Crippen molar-refractivity contribution in [2.45, 2.75) is 39.1 Å². The number of hydrogen-bond acceptors (Lipinski definition) is 8. The number of ether oxygens (including phenoxy) is 2. The monoisotopic (exact) mass is 551 g/mol. The Hall–Kier alpha value is -4.09. The van der Waals surface area contributed by atoms with Crippen molar-refractivity contribution in [3.05, 3.63) is 111 Å². The molecule has 0 unspecified atom stereocenters. The van der Waals surface area contributed by atoms with Crippen LogP contribution >= 0.6 is 11.8 Å². The van der Waals surface area contributed by atoms with E-state index < -0.39 is 22.9 Å². The molecule has 1 aliphatic heterocycles. The van der Waals surface area contributed by atoms with Gasteiger partial charge in [0.2, 0.25) is 5.75 Å². The molecule has 11 heteroatoms. The van der Waals surface area contributed by atoms with Crippen LogP contribution in [-0.2, 0) is 30.0 Å². The molecule has 3 aromatic rings. The first-order valence-electron chi connectivity index (χ1n) is 12.2. The van der Waals surface area contributed by atoms with Gasteiger partial charge in [-0.3, -0.25) is 14.2 Å². The van der Waals surface area contributed by atoms with Crippen LogP contribution in [0.3, 0.4) is 0 Å². The molecule has 2 heterocycles. The number of carbonyl (C=O) groups is 1. The SMILES string of the molecule is C=C(Nc1cc(F)ccc1CNC(=O)c1nc2n(c(=O)c1OCc1ccccc1)CCOC2(C)C)S/C=C\N. The van der Waals surface area contributed by atoms with Crippen molar-refractivity contribution in [1.82, 2.24) is 14.9 Å². The van der Waals surface area contributed by atoms with Gasteiger partial charge in [-0.25, -0.2) is 9.37 Å². The third kappa shape index (κ3) is 6.68. The molecule has 4 N–H and O–H groups in total. The van der Waals surface area contributed by atoms with Crippen LogP contribution in [0, 0.1) is 5.82 Å². The Labute approximate surface area is 229 Å². The van der Waals surface area contributed by atoms with Gasteiger partial charge in [-0.1, -0.05) is 54.7 Å². The minimum Gasteiger partial charge on any atom is -0.481 e. The Morgan fingerprint density at radius 1 is 1.31 bits per heavy atom. The number of nitrogens with zero attached hydrogens (tertiary/aromatic N) is 2. The minimum absolute atomic E-state index is 0.0181. The van der Waals surface area contributed by atoms with E-state index in [1.54, 1.807) is 25.3 Å². The fourth-order valence-corrected chi connectivity index (χ4v) is 4.47. The number of fused-ring (bicyclic) bond motifs is 1. The van der Waals surface area contributed by atoms with Crippen molar-refractivity contribution in [2.75, 3.05) is 11.9 Å². The van der Waals surface area contributed by atoms with E-state index in [1.165, 1.54) is 34.7 Å². The molecule has 0 atom stereocenters. The molecule has 0 aliphatic carbocycles. The second-order valence-corrected chi connectivity index (χ2v) is 10.2. The Balaban J connectivity index is 1.63. The van der Waals surface area contributed by atoms with Crippen LogP contribution < -0.4 is 26.7 Å². The average Bonchev–Trinajstić information content (AvgIpc) is 2.91. The molecule has 39 heavy (non-hydrogen) atoms. The summed E-state index contributed by atoms with van der Waals surface area (Å²) in [6, 6.07) is 13.5. The smallest absolute Gasteiger partial charge is 0.296 e. The van der Waals surface area contributed by atoms with Crippen LogP contribution in [0.4, 0.5) is 10.1 Å². The maximum Gasteiger partial charge on any atom is 0.296 e. The predicted octanol–water partition coefficient (Wildman–Crippen LogP) is 4.20. The van der Waals surface area contributed by atoms with Crippen molar-refractivity contribution in [1.29, 1.82) is 0 Å². The first-order valence-corrected chi connectivity index (χ1v) is 13.1. The summed E-state index contributed by atoms with van der Waals surface area (Å²) >= 11 is 1.23. The van der Waals surface area contributed by atoms with E-state index in [1.807, 2.05) is 30.3 Å². The van der Waals surface area contributed by atoms with Crippen molar-refractivity contribution in [2.24, 2.45) is 5.73 Å². The van der Waals surface area contributed by atoms with E-state index in [4.69, 9.17) is 15.2 Å². The quantitative estimate of drug-likeness (QED) is 0.343. The number of nitrogens with one attached hydrogen (secondary N) is 2. The lowest BCUT2D eigenvalue weighted by atomic mass is 10.1. The van der Waals surface area contributed by atoms with E-state index in [2.05, 4.69) is 22.2 Å². The minimum atomic E-state index is -0.881. The molecule has 1 amide bonds. The molecule has 4 rings (SSSR count). The van der Waals surface area contributed by atoms with Gasteiger partial charge < -0.3 is 25.8 Å². The zero-order chi connectivity index (χ0) is 28.0. The number of halogens is 1. The Bertz CT molecular complexity index is 1460. The maximum atomic E-state index is 14.0. The van der Waals surface area contributed by atoms with Crippen LogP contribution in [0.25, 0.3) is 0 Å². The Morgan fingerprint density at radius 2 is 2.08 bits per heavy atom. The van der Waals surface area contributed by atoms with Gasteiger partial charge in [-0.2, -0.15) is 0 Å². The highest BCUT2D eigenvalue weighted by atomic mass is 32.2. The standard InChI is InChI=1S/C28H30FN5O4S/c1-18(39-14-11-30)32-22-15-21(29)10-9-20(22)16-31-25(35)23-24(37-17-19-7-5-4-6-8-19)26(36)34-12-13-38-28(2,3)27(34)33-23/h4-11,14-15,32H,1,12-13,16-17,30H2,2-3H3,(H,31,35)/b14-11-. The first kappa shape index (κ1) is 27.9. The van der Waals surface area contributed by atoms with Crippen LogP contribution in [0.5, 0.6) is 5.75 Å². The van der Waals surface area contributed by atoms with Crippen LogP contribution in [-0.4, -0.2) is 22.1 Å². The van der Waals surface area contributed by atoms with Crippen LogP contribution in [0.15, 0.2) is 76.5 Å². The van der Waals surface area contributed by atoms with Crippen molar-refractivity contribution in [3.63, 3.8) is 0 Å². The van der Waals surface area contributed by atoms with Gasteiger partial charge in [0.25, 0.3) is 11.5 Å². The fourth-order valence-electron chi connectivity index (χ4n) is 4.05. The molecule has 0 spiro atoms. The van der Waals surface area contributed by atoms with Gasteiger partial charge in [0.05, 0.1) is 18.2 Å². The summed E-state index contributed by atoms with van der Waals surface area (Å²) in [4.78, 5) is 31.5. The second-order valence-electron chi connectivity index (χ2n) is 9.18. The van der Waals surface area contributed by atoms with Crippen LogP contribution in [0.2, 0.25) is 0 Å². The van der Waals surface area contributed by atoms with E-state index in [0.717, 1.165) is 5.56 Å². The van der Waals surface area contributed by atoms with Gasteiger partial charge in [-0.15, -0.1) is 0 Å². The molecule has 0 saturated carbocycles. The third-order valence-electron chi connectivity index (χ3n) is 5.96. The summed E-state index contributed by atoms with van der Waals surface area (Å²) in [5.74, 6) is -0.882. The average molecular weight is 552 g/mol. The highest BCUT2D eigenvalue weighted by Crippen LogP contribution is 2.28. The Kier molecular flexibility index (Phi) is 8.72. The number of benzene rings is 2. The number of thioether (sulfide) groups is 1. The molecule has 0 bridgehead atoms. The number of aromatic nitrogens is 2. The van der Waals surface area contributed by atoms with E-state index in [0.29, 0.717) is 35.3 Å². The molecule has 9 nitrogen and oxygen atoms in total. The van der Waals surface area contributed by atoms with Gasteiger partial charge in [-0.05, 0) is 42.5 Å². The molecule has 204 valence electrons. The summed E-state index contributed by atoms with van der Waals surface area (Å²) in [5, 5.41) is 7.94. The molecule has 0 saturated heterocycles. The largest absolute Gasteiger partial charge is 0.481 e. The zero-order valence-electron chi connectivity index (χ0n) is 21.7. The van der Waals surface area contributed by atoms with Gasteiger partial charge >= 0.3 is 0 Å². The lowest BCUT2D eigenvalue weighted by Crippen LogP contribution is -2.43. The van der Waals surface area contributed by atoms with Gasteiger partial charge in [0, 0.05) is 18.4 Å². The lowest BCUT2D eigenvalue weighted by molar-refractivity contribution is -0.0567. The van der Waals surface area contributed by atoms with E-state index >= 15 is 0 Å². The van der Waals surface area contributed by atoms with Gasteiger partial charge in [0.1, 0.15) is 23.8 Å². The maximum absolute atomic E-state index is 14.0. The van der Waals surface area contributed by atoms with E-state index in [-0.39, 0.29) is 24.6 Å². The number of anilines is 1. The summed E-state index contributed by atoms with van der Waals surface area (Å²) in [6.07, 6.45) is 1.36. The molecule has 1 aromatic heterocycles.